The Morgan fingerprint density at radius 1 is 1.10 bits per heavy atom. The van der Waals surface area contributed by atoms with Gasteiger partial charge in [0, 0.05) is 6.54 Å². The van der Waals surface area contributed by atoms with Gasteiger partial charge >= 0.3 is 5.97 Å². The highest BCUT2D eigenvalue weighted by molar-refractivity contribution is 6.04. The van der Waals surface area contributed by atoms with Crippen LogP contribution in [0.3, 0.4) is 0 Å². The van der Waals surface area contributed by atoms with Crippen LogP contribution >= 0.6 is 0 Å². The quantitative estimate of drug-likeness (QED) is 0.613. The van der Waals surface area contributed by atoms with Crippen molar-refractivity contribution in [2.75, 3.05) is 25.6 Å². The summed E-state index contributed by atoms with van der Waals surface area (Å²) in [6, 6.07) is 10.7. The van der Waals surface area contributed by atoms with Crippen LogP contribution < -0.4 is 15.4 Å². The fourth-order valence-corrected chi connectivity index (χ4v) is 2.55. The lowest BCUT2D eigenvalue weighted by atomic mass is 10.1. The smallest absolute Gasteiger partial charge is 0.310 e. The number of halogens is 1. The molecule has 2 aromatic carbocycles. The molecule has 7 nitrogen and oxygen atoms in total. The number of anilines is 1. The van der Waals surface area contributed by atoms with Gasteiger partial charge in [-0.05, 0) is 35.7 Å². The Morgan fingerprint density at radius 2 is 1.83 bits per heavy atom. The topological polar surface area (TPSA) is 93.7 Å². The number of carbonyl (C=O) groups is 3. The maximum atomic E-state index is 13.7. The first-order chi connectivity index (χ1) is 14.3. The van der Waals surface area contributed by atoms with Crippen molar-refractivity contribution >= 4 is 23.5 Å². The molecule has 0 atom stereocenters. The van der Waals surface area contributed by atoms with Crippen LogP contribution in [0.2, 0.25) is 0 Å². The van der Waals surface area contributed by atoms with E-state index >= 15 is 0 Å². The van der Waals surface area contributed by atoms with E-state index in [1.807, 2.05) is 13.8 Å². The van der Waals surface area contributed by atoms with Crippen LogP contribution in [-0.2, 0) is 20.7 Å². The average Bonchev–Trinajstić information content (AvgIpc) is 2.71. The van der Waals surface area contributed by atoms with E-state index in [1.165, 1.54) is 25.3 Å². The molecule has 2 N–H and O–H groups in total. The van der Waals surface area contributed by atoms with E-state index in [-0.39, 0.29) is 24.0 Å². The van der Waals surface area contributed by atoms with Crippen molar-refractivity contribution in [2.24, 2.45) is 5.92 Å². The van der Waals surface area contributed by atoms with Gasteiger partial charge in [-0.1, -0.05) is 32.0 Å². The number of rotatable bonds is 9. The molecule has 0 radical (unpaired) electrons. The molecular formula is C22H25FN2O5. The number of esters is 1. The van der Waals surface area contributed by atoms with Crippen molar-refractivity contribution < 1.29 is 28.2 Å². The number of hydrogen-bond acceptors (Lipinski definition) is 5. The van der Waals surface area contributed by atoms with Crippen molar-refractivity contribution in [1.82, 2.24) is 5.32 Å². The van der Waals surface area contributed by atoms with Crippen molar-refractivity contribution in [2.45, 2.75) is 20.3 Å². The highest BCUT2D eigenvalue weighted by Crippen LogP contribution is 2.18. The maximum absolute atomic E-state index is 13.7. The minimum Gasteiger partial charge on any atom is -0.494 e. The van der Waals surface area contributed by atoms with E-state index in [1.54, 1.807) is 24.3 Å². The Bertz CT molecular complexity index is 914. The van der Waals surface area contributed by atoms with Gasteiger partial charge in [-0.3, -0.25) is 14.4 Å². The van der Waals surface area contributed by atoms with E-state index in [2.05, 4.69) is 10.6 Å². The van der Waals surface area contributed by atoms with E-state index in [9.17, 15) is 18.8 Å². The molecule has 30 heavy (non-hydrogen) atoms. The van der Waals surface area contributed by atoms with Crippen molar-refractivity contribution in [3.05, 3.63) is 59.4 Å². The first-order valence-electron chi connectivity index (χ1n) is 9.45. The predicted octanol–water partition coefficient (Wildman–Crippen LogP) is 2.94. The van der Waals surface area contributed by atoms with Gasteiger partial charge in [0.2, 0.25) is 0 Å². The number of para-hydroxylation sites is 1. The number of methoxy groups -OCH3 is 1. The fourth-order valence-electron chi connectivity index (χ4n) is 2.55. The van der Waals surface area contributed by atoms with Crippen LogP contribution in [-0.4, -0.2) is 38.0 Å². The normalized spacial score (nSPS) is 10.4. The zero-order valence-electron chi connectivity index (χ0n) is 17.2. The summed E-state index contributed by atoms with van der Waals surface area (Å²) in [6.45, 7) is 3.93. The second kappa shape index (κ2) is 10.9. The first kappa shape index (κ1) is 22.9. The van der Waals surface area contributed by atoms with Crippen LogP contribution in [0.5, 0.6) is 5.75 Å². The molecule has 0 unspecified atom stereocenters. The minimum atomic E-state index is -0.683. The molecule has 0 aromatic heterocycles. The Balaban J connectivity index is 1.89. The highest BCUT2D eigenvalue weighted by Gasteiger charge is 2.15. The van der Waals surface area contributed by atoms with Gasteiger partial charge in [-0.2, -0.15) is 0 Å². The molecule has 8 heteroatoms. The van der Waals surface area contributed by atoms with Crippen LogP contribution in [0.4, 0.5) is 10.1 Å². The summed E-state index contributed by atoms with van der Waals surface area (Å²) >= 11 is 0. The zero-order valence-corrected chi connectivity index (χ0v) is 17.2. The molecule has 0 saturated heterocycles. The summed E-state index contributed by atoms with van der Waals surface area (Å²) in [4.78, 5) is 36.4. The SMILES string of the molecule is COc1ccc(CC(=O)OCC(=O)Nc2ccccc2C(=O)NCC(C)C)cc1F. The third-order valence-electron chi connectivity index (χ3n) is 4.05. The summed E-state index contributed by atoms with van der Waals surface area (Å²) in [5, 5.41) is 5.36. The number of benzene rings is 2. The number of ether oxygens (including phenoxy) is 2. The Kier molecular flexibility index (Phi) is 8.34. The largest absolute Gasteiger partial charge is 0.494 e. The highest BCUT2D eigenvalue weighted by atomic mass is 19.1. The van der Waals surface area contributed by atoms with Gasteiger partial charge in [0.25, 0.3) is 11.8 Å². The van der Waals surface area contributed by atoms with Crippen molar-refractivity contribution in [3.8, 4) is 5.75 Å². The fraction of sp³-hybridized carbons (Fsp3) is 0.318. The molecule has 0 heterocycles. The van der Waals surface area contributed by atoms with Crippen LogP contribution in [0, 0.1) is 11.7 Å². The number of hydrogen-bond donors (Lipinski definition) is 2. The summed E-state index contributed by atoms with van der Waals surface area (Å²) in [5.41, 5.74) is 1.02. The standard InChI is InChI=1S/C22H25FN2O5/c1-14(2)12-24-22(28)16-6-4-5-7-18(16)25-20(26)13-30-21(27)11-15-8-9-19(29-3)17(23)10-15/h4-10,14H,11-13H2,1-3H3,(H,24,28)(H,25,26). The van der Waals surface area contributed by atoms with E-state index in [0.717, 1.165) is 0 Å². The summed E-state index contributed by atoms with van der Waals surface area (Å²) < 4.78 is 23.5. The van der Waals surface area contributed by atoms with Gasteiger partial charge in [-0.15, -0.1) is 0 Å². The summed E-state index contributed by atoms with van der Waals surface area (Å²) in [5.74, 6) is -1.81. The van der Waals surface area contributed by atoms with Gasteiger partial charge < -0.3 is 20.1 Å². The summed E-state index contributed by atoms with van der Waals surface area (Å²) in [7, 11) is 1.34. The van der Waals surface area contributed by atoms with Gasteiger partial charge in [0.05, 0.1) is 24.8 Å². The lowest BCUT2D eigenvalue weighted by Crippen LogP contribution is -2.29. The molecule has 0 spiro atoms. The number of amides is 2. The van der Waals surface area contributed by atoms with Gasteiger partial charge in [-0.25, -0.2) is 4.39 Å². The molecule has 2 aromatic rings. The Labute approximate surface area is 174 Å². The molecule has 2 rings (SSSR count). The Morgan fingerprint density at radius 3 is 2.50 bits per heavy atom. The molecule has 0 fully saturated rings. The second-order valence-electron chi connectivity index (χ2n) is 7.00. The molecule has 160 valence electrons. The molecule has 0 aliphatic heterocycles. The van der Waals surface area contributed by atoms with Gasteiger partial charge in [0.15, 0.2) is 18.2 Å². The summed E-state index contributed by atoms with van der Waals surface area (Å²) in [6.07, 6.45) is -0.192. The Hall–Kier alpha value is -3.42. The van der Waals surface area contributed by atoms with Crippen molar-refractivity contribution in [3.63, 3.8) is 0 Å². The van der Waals surface area contributed by atoms with Gasteiger partial charge in [0.1, 0.15) is 0 Å². The zero-order chi connectivity index (χ0) is 22.1. The lowest BCUT2D eigenvalue weighted by Gasteiger charge is -2.12. The first-order valence-corrected chi connectivity index (χ1v) is 9.45. The number of nitrogens with one attached hydrogen (secondary N) is 2. The average molecular weight is 416 g/mol. The minimum absolute atomic E-state index is 0.0718. The lowest BCUT2D eigenvalue weighted by molar-refractivity contribution is -0.146. The monoisotopic (exact) mass is 416 g/mol. The molecule has 0 aliphatic rings. The van der Waals surface area contributed by atoms with E-state index < -0.39 is 24.3 Å². The van der Waals surface area contributed by atoms with Crippen molar-refractivity contribution in [1.29, 1.82) is 0 Å². The number of carbonyl (C=O) groups excluding carboxylic acids is 3. The maximum Gasteiger partial charge on any atom is 0.310 e. The third-order valence-corrected chi connectivity index (χ3v) is 4.05. The molecule has 2 amide bonds. The van der Waals surface area contributed by atoms with Crippen LogP contribution in [0.25, 0.3) is 0 Å². The van der Waals surface area contributed by atoms with E-state index in [0.29, 0.717) is 23.4 Å². The third kappa shape index (κ3) is 6.88. The van der Waals surface area contributed by atoms with E-state index in [4.69, 9.17) is 9.47 Å². The molecule has 0 bridgehead atoms. The molecule has 0 saturated carbocycles. The molecular weight excluding hydrogens is 391 g/mol. The van der Waals surface area contributed by atoms with Crippen LogP contribution in [0.15, 0.2) is 42.5 Å². The predicted molar refractivity (Wildman–Crippen MR) is 110 cm³/mol. The second-order valence-corrected chi connectivity index (χ2v) is 7.00. The molecule has 0 aliphatic carbocycles. The van der Waals surface area contributed by atoms with Crippen LogP contribution in [0.1, 0.15) is 29.8 Å².